The third kappa shape index (κ3) is 2.86. The van der Waals surface area contributed by atoms with Gasteiger partial charge in [-0.2, -0.15) is 0 Å². The van der Waals surface area contributed by atoms with E-state index in [0.717, 1.165) is 10.6 Å². The van der Waals surface area contributed by atoms with Crippen LogP contribution in [0.2, 0.25) is 0 Å². The maximum Gasteiger partial charge on any atom is 0.192 e. The Kier molecular flexibility index (Phi) is 3.93. The van der Waals surface area contributed by atoms with Gasteiger partial charge in [-0.15, -0.1) is 0 Å². The summed E-state index contributed by atoms with van der Waals surface area (Å²) in [7, 11) is 0. The van der Waals surface area contributed by atoms with E-state index >= 15 is 0 Å². The highest BCUT2D eigenvalue weighted by molar-refractivity contribution is 7.99. The van der Waals surface area contributed by atoms with Gasteiger partial charge in [-0.3, -0.25) is 0 Å². The number of halogens is 1. The molecule has 2 N–H and O–H groups in total. The van der Waals surface area contributed by atoms with Gasteiger partial charge in [0.05, 0.1) is 0 Å². The van der Waals surface area contributed by atoms with Crippen LogP contribution in [0.3, 0.4) is 0 Å². The molecule has 0 aliphatic carbocycles. The van der Waals surface area contributed by atoms with E-state index in [0.29, 0.717) is 10.7 Å². The molecule has 1 unspecified atom stereocenters. The van der Waals surface area contributed by atoms with Crippen LogP contribution in [0.1, 0.15) is 24.2 Å². The lowest BCUT2D eigenvalue weighted by Gasteiger charge is -2.12. The first kappa shape index (κ1) is 13.0. The van der Waals surface area contributed by atoms with Gasteiger partial charge in [0.15, 0.2) is 5.16 Å². The Hall–Kier alpha value is -1.46. The van der Waals surface area contributed by atoms with Crippen molar-refractivity contribution >= 4 is 11.8 Å². The summed E-state index contributed by atoms with van der Waals surface area (Å²) in [6, 6.07) is 6.37. The zero-order valence-corrected chi connectivity index (χ0v) is 11.0. The van der Waals surface area contributed by atoms with Gasteiger partial charge < -0.3 is 5.73 Å². The first-order valence-electron chi connectivity index (χ1n) is 5.59. The Morgan fingerprint density at radius 1 is 1.33 bits per heavy atom. The zero-order chi connectivity index (χ0) is 13.1. The minimum Gasteiger partial charge on any atom is -0.324 e. The van der Waals surface area contributed by atoms with Crippen LogP contribution in [-0.4, -0.2) is 9.97 Å². The SMILES string of the molecule is Cc1ccnc(Sc2cccc(F)c2C(C)N)n1. The Bertz CT molecular complexity index is 558. The summed E-state index contributed by atoms with van der Waals surface area (Å²) in [5.41, 5.74) is 7.19. The van der Waals surface area contributed by atoms with Crippen molar-refractivity contribution in [2.24, 2.45) is 5.73 Å². The molecule has 1 heterocycles. The highest BCUT2D eigenvalue weighted by Crippen LogP contribution is 2.32. The fourth-order valence-electron chi connectivity index (χ4n) is 1.62. The molecule has 0 radical (unpaired) electrons. The standard InChI is InChI=1S/C13H14FN3S/c1-8-6-7-16-13(17-8)18-11-5-3-4-10(14)12(11)9(2)15/h3-7,9H,15H2,1-2H3. The van der Waals surface area contributed by atoms with Crippen LogP contribution in [0.15, 0.2) is 40.5 Å². The maximum atomic E-state index is 13.7. The van der Waals surface area contributed by atoms with Gasteiger partial charge in [-0.25, -0.2) is 14.4 Å². The minimum atomic E-state index is -0.362. The van der Waals surface area contributed by atoms with Gasteiger partial charge in [-0.1, -0.05) is 6.07 Å². The second-order valence-electron chi connectivity index (χ2n) is 4.02. The Morgan fingerprint density at radius 3 is 2.78 bits per heavy atom. The molecule has 0 amide bonds. The lowest BCUT2D eigenvalue weighted by molar-refractivity contribution is 0.585. The second-order valence-corrected chi connectivity index (χ2v) is 5.03. The first-order chi connectivity index (χ1) is 8.58. The monoisotopic (exact) mass is 263 g/mol. The van der Waals surface area contributed by atoms with Crippen LogP contribution in [0.5, 0.6) is 0 Å². The molecule has 0 bridgehead atoms. The molecule has 18 heavy (non-hydrogen) atoms. The van der Waals surface area contributed by atoms with Crippen LogP contribution in [0.25, 0.3) is 0 Å². The third-order valence-electron chi connectivity index (χ3n) is 2.44. The van der Waals surface area contributed by atoms with Crippen LogP contribution in [0, 0.1) is 12.7 Å². The van der Waals surface area contributed by atoms with Crippen molar-refractivity contribution in [3.63, 3.8) is 0 Å². The molecule has 1 aromatic heterocycles. The van der Waals surface area contributed by atoms with Crippen molar-refractivity contribution in [2.75, 3.05) is 0 Å². The lowest BCUT2D eigenvalue weighted by atomic mass is 10.1. The van der Waals surface area contributed by atoms with E-state index in [2.05, 4.69) is 9.97 Å². The maximum absolute atomic E-state index is 13.7. The summed E-state index contributed by atoms with van der Waals surface area (Å²) in [4.78, 5) is 9.20. The lowest BCUT2D eigenvalue weighted by Crippen LogP contribution is -2.09. The molecular formula is C13H14FN3S. The van der Waals surface area contributed by atoms with E-state index in [-0.39, 0.29) is 11.9 Å². The molecule has 1 aromatic carbocycles. The Labute approximate surface area is 110 Å². The van der Waals surface area contributed by atoms with Crippen molar-refractivity contribution in [1.29, 1.82) is 0 Å². The van der Waals surface area contributed by atoms with E-state index in [1.165, 1.54) is 17.8 Å². The molecule has 5 heteroatoms. The van der Waals surface area contributed by atoms with E-state index < -0.39 is 0 Å². The molecule has 0 aliphatic rings. The molecule has 0 aliphatic heterocycles. The average Bonchev–Trinajstić information content (AvgIpc) is 2.28. The normalized spacial score (nSPS) is 12.4. The smallest absolute Gasteiger partial charge is 0.192 e. The molecule has 0 saturated carbocycles. The summed E-state index contributed by atoms with van der Waals surface area (Å²) >= 11 is 1.33. The number of rotatable bonds is 3. The van der Waals surface area contributed by atoms with Gasteiger partial charge in [0.2, 0.25) is 0 Å². The number of nitrogens with zero attached hydrogens (tertiary/aromatic N) is 2. The van der Waals surface area contributed by atoms with Gasteiger partial charge in [0.25, 0.3) is 0 Å². The van der Waals surface area contributed by atoms with Crippen molar-refractivity contribution in [3.8, 4) is 0 Å². The predicted molar refractivity (Wildman–Crippen MR) is 69.9 cm³/mol. The zero-order valence-electron chi connectivity index (χ0n) is 10.2. The van der Waals surface area contributed by atoms with Crippen molar-refractivity contribution in [2.45, 2.75) is 29.9 Å². The van der Waals surface area contributed by atoms with Gasteiger partial charge in [0, 0.05) is 28.4 Å². The highest BCUT2D eigenvalue weighted by atomic mass is 32.2. The van der Waals surface area contributed by atoms with Crippen LogP contribution >= 0.6 is 11.8 Å². The van der Waals surface area contributed by atoms with Gasteiger partial charge in [-0.05, 0) is 43.8 Å². The van der Waals surface area contributed by atoms with Crippen molar-refractivity contribution < 1.29 is 4.39 Å². The largest absolute Gasteiger partial charge is 0.324 e. The summed E-state index contributed by atoms with van der Waals surface area (Å²) in [6.45, 7) is 3.66. The summed E-state index contributed by atoms with van der Waals surface area (Å²) in [6.07, 6.45) is 1.69. The Morgan fingerprint density at radius 2 is 2.11 bits per heavy atom. The number of nitrogens with two attached hydrogens (primary N) is 1. The molecular weight excluding hydrogens is 249 g/mol. The first-order valence-corrected chi connectivity index (χ1v) is 6.41. The van der Waals surface area contributed by atoms with Gasteiger partial charge >= 0.3 is 0 Å². The fraction of sp³-hybridized carbons (Fsp3) is 0.231. The molecule has 94 valence electrons. The molecule has 2 rings (SSSR count). The van der Waals surface area contributed by atoms with E-state index in [9.17, 15) is 4.39 Å². The molecule has 2 aromatic rings. The fourth-order valence-corrected chi connectivity index (χ4v) is 2.66. The van der Waals surface area contributed by atoms with E-state index in [1.807, 2.05) is 19.1 Å². The number of benzene rings is 1. The molecule has 0 saturated heterocycles. The number of hydrogen-bond acceptors (Lipinski definition) is 4. The molecule has 0 fully saturated rings. The molecule has 3 nitrogen and oxygen atoms in total. The van der Waals surface area contributed by atoms with E-state index in [1.54, 1.807) is 19.2 Å². The topological polar surface area (TPSA) is 51.8 Å². The average molecular weight is 263 g/mol. The third-order valence-corrected chi connectivity index (χ3v) is 3.40. The minimum absolute atomic E-state index is 0.289. The van der Waals surface area contributed by atoms with Crippen molar-refractivity contribution in [3.05, 3.63) is 47.5 Å². The van der Waals surface area contributed by atoms with Crippen LogP contribution < -0.4 is 5.73 Å². The van der Waals surface area contributed by atoms with Crippen molar-refractivity contribution in [1.82, 2.24) is 9.97 Å². The van der Waals surface area contributed by atoms with Gasteiger partial charge in [0.1, 0.15) is 5.82 Å². The summed E-state index contributed by atoms with van der Waals surface area (Å²) in [5, 5.41) is 0.600. The molecule has 1 atom stereocenters. The van der Waals surface area contributed by atoms with Crippen LogP contribution in [0.4, 0.5) is 4.39 Å². The number of hydrogen-bond donors (Lipinski definition) is 1. The quantitative estimate of drug-likeness (QED) is 0.865. The van der Waals surface area contributed by atoms with Crippen LogP contribution in [-0.2, 0) is 0 Å². The second kappa shape index (κ2) is 5.46. The van der Waals surface area contributed by atoms with E-state index in [4.69, 9.17) is 5.73 Å². The predicted octanol–water partition coefficient (Wildman–Crippen LogP) is 3.10. The highest BCUT2D eigenvalue weighted by Gasteiger charge is 2.14. The Balaban J connectivity index is 2.37. The summed E-state index contributed by atoms with van der Waals surface area (Å²) < 4.78 is 13.7. The summed E-state index contributed by atoms with van der Waals surface area (Å²) in [5.74, 6) is -0.289. The number of aryl methyl sites for hydroxylation is 1. The number of aromatic nitrogens is 2. The molecule has 0 spiro atoms.